The average Bonchev–Trinajstić information content (AvgIpc) is 3.45. The van der Waals surface area contributed by atoms with Crippen LogP contribution in [0.3, 0.4) is 0 Å². The summed E-state index contributed by atoms with van der Waals surface area (Å²) in [5.74, 6) is 1.72. The quantitative estimate of drug-likeness (QED) is 0.347. The number of imidazole rings is 1. The van der Waals surface area contributed by atoms with E-state index >= 15 is 0 Å². The molecule has 2 aromatic carbocycles. The van der Waals surface area contributed by atoms with Crippen LogP contribution in [0, 0.1) is 0 Å². The van der Waals surface area contributed by atoms with Gasteiger partial charge in [-0.25, -0.2) is 4.98 Å². The molecule has 31 heavy (non-hydrogen) atoms. The lowest BCUT2D eigenvalue weighted by Gasteiger charge is -2.22. The average molecular weight is 453 g/mol. The first-order chi connectivity index (χ1) is 15.1. The van der Waals surface area contributed by atoms with Crippen LogP contribution in [0.2, 0.25) is 5.02 Å². The predicted molar refractivity (Wildman–Crippen MR) is 129 cm³/mol. The largest absolute Gasteiger partial charge is 0.346 e. The van der Waals surface area contributed by atoms with Gasteiger partial charge in [0.15, 0.2) is 0 Å². The Hall–Kier alpha value is -2.70. The molecule has 0 bridgehead atoms. The van der Waals surface area contributed by atoms with Crippen LogP contribution in [-0.2, 0) is 4.79 Å². The number of thioether (sulfide) groups is 1. The normalized spacial score (nSPS) is 13.2. The molecule has 7 heteroatoms. The maximum Gasteiger partial charge on any atom is 0.223 e. The van der Waals surface area contributed by atoms with Gasteiger partial charge in [0.25, 0.3) is 0 Å². The van der Waals surface area contributed by atoms with Crippen molar-refractivity contribution in [3.8, 4) is 0 Å². The summed E-state index contributed by atoms with van der Waals surface area (Å²) >= 11 is 7.83. The van der Waals surface area contributed by atoms with Crippen LogP contribution >= 0.6 is 23.4 Å². The molecule has 0 radical (unpaired) electrons. The van der Waals surface area contributed by atoms with Crippen LogP contribution in [-0.4, -0.2) is 32.5 Å². The van der Waals surface area contributed by atoms with E-state index < -0.39 is 0 Å². The first-order valence-corrected chi connectivity index (χ1v) is 12.0. The number of aromatic amines is 1. The van der Waals surface area contributed by atoms with E-state index in [9.17, 15) is 4.79 Å². The van der Waals surface area contributed by atoms with Crippen molar-refractivity contribution in [1.29, 1.82) is 0 Å². The topological polar surface area (TPSA) is 62.7 Å². The number of para-hydroxylation sites is 2. The summed E-state index contributed by atoms with van der Waals surface area (Å²) in [4.78, 5) is 21.2. The molecule has 4 aromatic rings. The zero-order chi connectivity index (χ0) is 21.6. The lowest BCUT2D eigenvalue weighted by atomic mass is 10.0. The summed E-state index contributed by atoms with van der Waals surface area (Å²) in [6.07, 6.45) is 7.17. The summed E-state index contributed by atoms with van der Waals surface area (Å²) in [6, 6.07) is 19.3. The lowest BCUT2D eigenvalue weighted by Crippen LogP contribution is -2.31. The van der Waals surface area contributed by atoms with Crippen LogP contribution < -0.4 is 5.32 Å². The summed E-state index contributed by atoms with van der Waals surface area (Å²) in [5, 5.41) is 3.90. The molecule has 2 atom stereocenters. The molecule has 0 aliphatic heterocycles. The highest BCUT2D eigenvalue weighted by Crippen LogP contribution is 2.25. The van der Waals surface area contributed by atoms with E-state index in [1.54, 1.807) is 11.8 Å². The zero-order valence-electron chi connectivity index (χ0n) is 17.3. The molecule has 2 heterocycles. The third-order valence-corrected chi connectivity index (χ3v) is 6.20. The second-order valence-electron chi connectivity index (χ2n) is 7.44. The van der Waals surface area contributed by atoms with E-state index in [1.807, 2.05) is 73.1 Å². The van der Waals surface area contributed by atoms with Gasteiger partial charge in [-0.15, -0.1) is 0 Å². The summed E-state index contributed by atoms with van der Waals surface area (Å²) in [7, 11) is 0. The Balaban J connectivity index is 1.54. The minimum absolute atomic E-state index is 0.0137. The van der Waals surface area contributed by atoms with Crippen molar-refractivity contribution in [3.63, 3.8) is 0 Å². The highest BCUT2D eigenvalue weighted by Gasteiger charge is 2.22. The number of H-pyrrole nitrogens is 1. The predicted octanol–water partition coefficient (Wildman–Crippen LogP) is 5.61. The minimum Gasteiger partial charge on any atom is -0.346 e. The smallest absolute Gasteiger partial charge is 0.223 e. The van der Waals surface area contributed by atoms with E-state index in [-0.39, 0.29) is 18.0 Å². The van der Waals surface area contributed by atoms with Crippen molar-refractivity contribution >= 4 is 40.3 Å². The van der Waals surface area contributed by atoms with Crippen molar-refractivity contribution in [2.75, 3.05) is 12.0 Å². The fourth-order valence-electron chi connectivity index (χ4n) is 3.72. The van der Waals surface area contributed by atoms with Gasteiger partial charge in [-0.2, -0.15) is 11.8 Å². The number of nitrogens with one attached hydrogen (secondary N) is 2. The number of benzene rings is 2. The van der Waals surface area contributed by atoms with Gasteiger partial charge in [-0.3, -0.25) is 4.79 Å². The van der Waals surface area contributed by atoms with Gasteiger partial charge in [0.05, 0.1) is 29.5 Å². The van der Waals surface area contributed by atoms with Crippen molar-refractivity contribution in [2.24, 2.45) is 0 Å². The van der Waals surface area contributed by atoms with Crippen LogP contribution in [0.1, 0.15) is 36.3 Å². The molecule has 0 aliphatic carbocycles. The molecule has 2 aromatic heterocycles. The Morgan fingerprint density at radius 3 is 2.58 bits per heavy atom. The number of aromatic nitrogens is 3. The van der Waals surface area contributed by atoms with Gasteiger partial charge < -0.3 is 14.9 Å². The van der Waals surface area contributed by atoms with Gasteiger partial charge in [-0.05, 0) is 60.4 Å². The van der Waals surface area contributed by atoms with Crippen LogP contribution in [0.15, 0.2) is 73.1 Å². The monoisotopic (exact) mass is 452 g/mol. The third kappa shape index (κ3) is 5.32. The number of rotatable bonds is 9. The van der Waals surface area contributed by atoms with Crippen LogP contribution in [0.4, 0.5) is 0 Å². The maximum absolute atomic E-state index is 13.2. The summed E-state index contributed by atoms with van der Waals surface area (Å²) in [6.45, 7) is 0. The van der Waals surface area contributed by atoms with Gasteiger partial charge in [-0.1, -0.05) is 35.9 Å². The Morgan fingerprint density at radius 1 is 1.13 bits per heavy atom. The Kier molecular flexibility index (Phi) is 6.99. The van der Waals surface area contributed by atoms with Gasteiger partial charge in [0, 0.05) is 17.4 Å². The number of carbonyl (C=O) groups excluding carboxylic acids is 1. The number of hydrogen-bond donors (Lipinski definition) is 2. The Morgan fingerprint density at radius 2 is 1.87 bits per heavy atom. The molecular weight excluding hydrogens is 428 g/mol. The van der Waals surface area contributed by atoms with Crippen LogP contribution in [0.25, 0.3) is 11.0 Å². The van der Waals surface area contributed by atoms with Gasteiger partial charge in [0.1, 0.15) is 5.82 Å². The summed E-state index contributed by atoms with van der Waals surface area (Å²) < 4.78 is 2.06. The van der Waals surface area contributed by atoms with Gasteiger partial charge in [0.2, 0.25) is 5.91 Å². The fourth-order valence-corrected chi connectivity index (χ4v) is 4.31. The second-order valence-corrected chi connectivity index (χ2v) is 8.86. The SMILES string of the molecule is CSCC[C@@H](NC(=O)C[C@@H](c1ccc(Cl)cc1)n1cccc1)c1nc2ccccc2[nH]1. The number of amides is 1. The first kappa shape index (κ1) is 21.5. The van der Waals surface area contributed by atoms with E-state index in [4.69, 9.17) is 16.6 Å². The molecule has 2 N–H and O–H groups in total. The molecule has 4 rings (SSSR count). The first-order valence-electron chi connectivity index (χ1n) is 10.2. The number of carbonyl (C=O) groups is 1. The summed E-state index contributed by atoms with van der Waals surface area (Å²) in [5.41, 5.74) is 2.93. The maximum atomic E-state index is 13.2. The molecular formula is C24H25ClN4OS. The molecule has 0 fully saturated rings. The Bertz CT molecular complexity index is 1090. The number of fused-ring (bicyclic) bond motifs is 1. The van der Waals surface area contributed by atoms with Gasteiger partial charge >= 0.3 is 0 Å². The molecule has 160 valence electrons. The van der Waals surface area contributed by atoms with Crippen molar-refractivity contribution in [1.82, 2.24) is 19.9 Å². The van der Waals surface area contributed by atoms with Crippen molar-refractivity contribution in [2.45, 2.75) is 24.9 Å². The molecule has 0 saturated heterocycles. The highest BCUT2D eigenvalue weighted by atomic mass is 35.5. The van der Waals surface area contributed by atoms with Crippen LogP contribution in [0.5, 0.6) is 0 Å². The minimum atomic E-state index is -0.164. The molecule has 0 unspecified atom stereocenters. The molecule has 5 nitrogen and oxygen atoms in total. The molecule has 0 spiro atoms. The van der Waals surface area contributed by atoms with E-state index in [2.05, 4.69) is 21.1 Å². The van der Waals surface area contributed by atoms with E-state index in [1.165, 1.54) is 0 Å². The molecule has 1 amide bonds. The second kappa shape index (κ2) is 10.1. The highest BCUT2D eigenvalue weighted by molar-refractivity contribution is 7.98. The van der Waals surface area contributed by atoms with Crippen molar-refractivity contribution < 1.29 is 4.79 Å². The zero-order valence-corrected chi connectivity index (χ0v) is 18.9. The van der Waals surface area contributed by atoms with Crippen molar-refractivity contribution in [3.05, 3.63) is 89.5 Å². The third-order valence-electron chi connectivity index (χ3n) is 5.30. The van der Waals surface area contributed by atoms with E-state index in [0.717, 1.165) is 34.6 Å². The standard InChI is InChI=1S/C24H25ClN4OS/c1-31-15-12-21(24-27-19-6-2-3-7-20(19)28-24)26-23(30)16-22(29-13-4-5-14-29)17-8-10-18(25)11-9-17/h2-11,13-14,21-22H,12,15-16H2,1H3,(H,26,30)(H,27,28)/t21-,22+/m1/s1. The molecule has 0 saturated carbocycles. The number of halogens is 1. The van der Waals surface area contributed by atoms with E-state index in [0.29, 0.717) is 11.4 Å². The number of nitrogens with zero attached hydrogens (tertiary/aromatic N) is 2. The number of hydrogen-bond acceptors (Lipinski definition) is 3. The molecule has 0 aliphatic rings. The Labute approximate surface area is 191 Å². The lowest BCUT2D eigenvalue weighted by molar-refractivity contribution is -0.122. The fraction of sp³-hybridized carbons (Fsp3) is 0.250.